The van der Waals surface area contributed by atoms with Crippen LogP contribution in [-0.4, -0.2) is 23.1 Å². The third-order valence-corrected chi connectivity index (χ3v) is 2.90. The maximum Gasteiger partial charge on any atom is 0.218 e. The molecule has 0 spiro atoms. The number of nitrogens with one attached hydrogen (secondary N) is 1. The Morgan fingerprint density at radius 3 is 2.70 bits per heavy atom. The highest BCUT2D eigenvalue weighted by atomic mass is 16.5. The first-order valence-corrected chi connectivity index (χ1v) is 7.04. The van der Waals surface area contributed by atoms with Crippen LogP contribution in [0.25, 0.3) is 0 Å². The summed E-state index contributed by atoms with van der Waals surface area (Å²) in [5.41, 5.74) is 1.36. The smallest absolute Gasteiger partial charge is 0.218 e. The van der Waals surface area contributed by atoms with Crippen molar-refractivity contribution in [3.63, 3.8) is 0 Å². The molecule has 2 aromatic rings. The van der Waals surface area contributed by atoms with E-state index in [2.05, 4.69) is 39.6 Å². The quantitative estimate of drug-likeness (QED) is 0.785. The van der Waals surface area contributed by atoms with Crippen LogP contribution < -0.4 is 10.1 Å². The lowest BCUT2D eigenvalue weighted by Gasteiger charge is -2.08. The number of aryl methyl sites for hydroxylation is 2. The van der Waals surface area contributed by atoms with E-state index in [0.29, 0.717) is 12.5 Å². The molecule has 0 saturated heterocycles. The summed E-state index contributed by atoms with van der Waals surface area (Å²) >= 11 is 0. The highest BCUT2D eigenvalue weighted by Crippen LogP contribution is 2.13. The maximum atomic E-state index is 5.41. The number of hydrogen-bond acceptors (Lipinski definition) is 4. The van der Waals surface area contributed by atoms with Gasteiger partial charge in [0.25, 0.3) is 0 Å². The monoisotopic (exact) mass is 271 g/mol. The molecular weight excluding hydrogens is 250 g/mol. The van der Waals surface area contributed by atoms with Gasteiger partial charge in [0.2, 0.25) is 5.88 Å². The summed E-state index contributed by atoms with van der Waals surface area (Å²) in [5, 5.41) is 3.32. The van der Waals surface area contributed by atoms with Gasteiger partial charge in [-0.25, -0.2) is 4.98 Å². The molecule has 1 aromatic heterocycles. The van der Waals surface area contributed by atoms with E-state index in [4.69, 9.17) is 4.74 Å². The summed E-state index contributed by atoms with van der Waals surface area (Å²) in [5.74, 6) is 2.18. The fourth-order valence-electron chi connectivity index (χ4n) is 2.01. The average Bonchev–Trinajstić information content (AvgIpc) is 2.45. The zero-order chi connectivity index (χ0) is 14.2. The standard InChI is InChI=1S/C16H21N3O/c1-3-20-16-12-15(18-13(2)19-16)17-11-7-10-14-8-5-4-6-9-14/h4-6,8-9,12H,3,7,10-11H2,1-2H3,(H,17,18,19). The Balaban J connectivity index is 1.81. The zero-order valence-corrected chi connectivity index (χ0v) is 12.1. The Bertz CT molecular complexity index is 529. The van der Waals surface area contributed by atoms with Crippen LogP contribution in [0.15, 0.2) is 36.4 Å². The van der Waals surface area contributed by atoms with Crippen LogP contribution in [-0.2, 0) is 6.42 Å². The van der Waals surface area contributed by atoms with Gasteiger partial charge >= 0.3 is 0 Å². The van der Waals surface area contributed by atoms with E-state index in [9.17, 15) is 0 Å². The van der Waals surface area contributed by atoms with Gasteiger partial charge in [0.15, 0.2) is 0 Å². The van der Waals surface area contributed by atoms with E-state index < -0.39 is 0 Å². The Labute approximate surface area is 120 Å². The summed E-state index contributed by atoms with van der Waals surface area (Å²) in [4.78, 5) is 8.58. The van der Waals surface area contributed by atoms with Crippen molar-refractivity contribution in [3.05, 3.63) is 47.8 Å². The van der Waals surface area contributed by atoms with Crippen LogP contribution in [0.5, 0.6) is 5.88 Å². The molecule has 1 aromatic carbocycles. The van der Waals surface area contributed by atoms with E-state index in [1.807, 2.05) is 26.0 Å². The van der Waals surface area contributed by atoms with E-state index in [0.717, 1.165) is 31.0 Å². The third kappa shape index (κ3) is 4.53. The van der Waals surface area contributed by atoms with Crippen molar-refractivity contribution >= 4 is 5.82 Å². The van der Waals surface area contributed by atoms with E-state index in [-0.39, 0.29) is 0 Å². The summed E-state index contributed by atoms with van der Waals surface area (Å²) in [6.07, 6.45) is 2.13. The van der Waals surface area contributed by atoms with Crippen molar-refractivity contribution in [1.82, 2.24) is 9.97 Å². The van der Waals surface area contributed by atoms with Gasteiger partial charge in [-0.05, 0) is 32.3 Å². The molecular formula is C16H21N3O. The summed E-state index contributed by atoms with van der Waals surface area (Å²) in [6.45, 7) is 5.32. The fraction of sp³-hybridized carbons (Fsp3) is 0.375. The highest BCUT2D eigenvalue weighted by molar-refractivity contribution is 5.38. The van der Waals surface area contributed by atoms with Crippen LogP contribution in [0.3, 0.4) is 0 Å². The molecule has 1 N–H and O–H groups in total. The summed E-state index contributed by atoms with van der Waals surface area (Å²) in [7, 11) is 0. The second kappa shape index (κ2) is 7.48. The Morgan fingerprint density at radius 1 is 1.15 bits per heavy atom. The Hall–Kier alpha value is -2.10. The third-order valence-electron chi connectivity index (χ3n) is 2.90. The minimum atomic E-state index is 0.615. The van der Waals surface area contributed by atoms with E-state index >= 15 is 0 Å². The summed E-state index contributed by atoms with van der Waals surface area (Å²) in [6, 6.07) is 12.3. The number of aromatic nitrogens is 2. The minimum absolute atomic E-state index is 0.615. The first-order chi connectivity index (χ1) is 9.78. The first kappa shape index (κ1) is 14.3. The van der Waals surface area contributed by atoms with Crippen molar-refractivity contribution in [2.24, 2.45) is 0 Å². The van der Waals surface area contributed by atoms with Gasteiger partial charge in [-0.1, -0.05) is 30.3 Å². The molecule has 2 rings (SSSR count). The second-order valence-corrected chi connectivity index (χ2v) is 4.59. The molecule has 106 valence electrons. The average molecular weight is 271 g/mol. The molecule has 0 aliphatic carbocycles. The Morgan fingerprint density at radius 2 is 1.95 bits per heavy atom. The number of benzene rings is 1. The zero-order valence-electron chi connectivity index (χ0n) is 12.1. The SMILES string of the molecule is CCOc1cc(NCCCc2ccccc2)nc(C)n1. The van der Waals surface area contributed by atoms with Crippen LogP contribution in [0.4, 0.5) is 5.82 Å². The molecule has 0 atom stereocenters. The normalized spacial score (nSPS) is 10.3. The van der Waals surface area contributed by atoms with Gasteiger partial charge < -0.3 is 10.1 Å². The van der Waals surface area contributed by atoms with Crippen molar-refractivity contribution in [2.45, 2.75) is 26.7 Å². The van der Waals surface area contributed by atoms with Crippen molar-refractivity contribution < 1.29 is 4.74 Å². The molecule has 0 saturated carbocycles. The molecule has 4 nitrogen and oxygen atoms in total. The lowest BCUT2D eigenvalue weighted by atomic mass is 10.1. The lowest BCUT2D eigenvalue weighted by molar-refractivity contribution is 0.325. The van der Waals surface area contributed by atoms with Gasteiger partial charge in [-0.3, -0.25) is 0 Å². The molecule has 0 bridgehead atoms. The van der Waals surface area contributed by atoms with Crippen LogP contribution in [0.2, 0.25) is 0 Å². The molecule has 0 fully saturated rings. The van der Waals surface area contributed by atoms with Crippen molar-refractivity contribution in [2.75, 3.05) is 18.5 Å². The number of rotatable bonds is 7. The maximum absolute atomic E-state index is 5.41. The predicted molar refractivity (Wildman–Crippen MR) is 81.2 cm³/mol. The molecule has 1 heterocycles. The Kier molecular flexibility index (Phi) is 5.35. The first-order valence-electron chi connectivity index (χ1n) is 7.04. The molecule has 4 heteroatoms. The minimum Gasteiger partial charge on any atom is -0.478 e. The number of nitrogens with zero attached hydrogens (tertiary/aromatic N) is 2. The van der Waals surface area contributed by atoms with Crippen LogP contribution >= 0.6 is 0 Å². The number of hydrogen-bond donors (Lipinski definition) is 1. The van der Waals surface area contributed by atoms with Gasteiger partial charge in [0, 0.05) is 12.6 Å². The number of anilines is 1. The van der Waals surface area contributed by atoms with E-state index in [1.54, 1.807) is 0 Å². The van der Waals surface area contributed by atoms with Gasteiger partial charge in [0.05, 0.1) is 6.61 Å². The summed E-state index contributed by atoms with van der Waals surface area (Å²) < 4.78 is 5.41. The fourth-order valence-corrected chi connectivity index (χ4v) is 2.01. The molecule has 0 aliphatic rings. The second-order valence-electron chi connectivity index (χ2n) is 4.59. The predicted octanol–water partition coefficient (Wildman–Crippen LogP) is 3.23. The highest BCUT2D eigenvalue weighted by Gasteiger charge is 2.02. The van der Waals surface area contributed by atoms with Gasteiger partial charge in [-0.15, -0.1) is 0 Å². The van der Waals surface area contributed by atoms with Crippen molar-refractivity contribution in [3.8, 4) is 5.88 Å². The molecule has 0 unspecified atom stereocenters. The molecule has 0 radical (unpaired) electrons. The lowest BCUT2D eigenvalue weighted by Crippen LogP contribution is -2.07. The number of ether oxygens (including phenoxy) is 1. The largest absolute Gasteiger partial charge is 0.478 e. The van der Waals surface area contributed by atoms with Crippen molar-refractivity contribution in [1.29, 1.82) is 0 Å². The van der Waals surface area contributed by atoms with Crippen LogP contribution in [0.1, 0.15) is 24.7 Å². The molecule has 0 amide bonds. The molecule has 20 heavy (non-hydrogen) atoms. The van der Waals surface area contributed by atoms with Gasteiger partial charge in [0.1, 0.15) is 11.6 Å². The van der Waals surface area contributed by atoms with E-state index in [1.165, 1.54) is 5.56 Å². The molecule has 0 aliphatic heterocycles. The van der Waals surface area contributed by atoms with Gasteiger partial charge in [-0.2, -0.15) is 4.98 Å². The van der Waals surface area contributed by atoms with Crippen LogP contribution in [0, 0.1) is 6.92 Å². The topological polar surface area (TPSA) is 47.0 Å².